The predicted molar refractivity (Wildman–Crippen MR) is 129 cm³/mol. The number of carbonyl (C=O) groups excluding carboxylic acids is 2. The topological polar surface area (TPSA) is 127 Å². The number of amides is 1. The lowest BCUT2D eigenvalue weighted by molar-refractivity contribution is -0.158. The third kappa shape index (κ3) is 7.98. The third-order valence-electron chi connectivity index (χ3n) is 4.84. The summed E-state index contributed by atoms with van der Waals surface area (Å²) in [6, 6.07) is 17.1. The molecule has 9 heteroatoms. The van der Waals surface area contributed by atoms with Crippen molar-refractivity contribution in [2.24, 2.45) is 0 Å². The number of aliphatic hydroxyl groups is 1. The smallest absolute Gasteiger partial charge is 0.335 e. The molecule has 0 aliphatic rings. The molecule has 2 aromatic carbocycles. The molecule has 0 bridgehead atoms. The maximum atomic E-state index is 12.1. The van der Waals surface area contributed by atoms with Crippen molar-refractivity contribution >= 4 is 34.0 Å². The maximum Gasteiger partial charge on any atom is 0.335 e. The van der Waals surface area contributed by atoms with Gasteiger partial charge in [0.1, 0.15) is 12.2 Å². The normalized spacial score (nSPS) is 12.7. The second kappa shape index (κ2) is 12.1. The number of nitrogens with one attached hydrogen (secondary N) is 2. The third-order valence-corrected chi connectivity index (χ3v) is 5.56. The molecule has 3 aromatic rings. The fourth-order valence-corrected chi connectivity index (χ4v) is 3.69. The minimum absolute atomic E-state index is 0.145. The standard InChI is InChI=1S/C24H28N4O4S/c1-16(29)23(31)32-21(18-5-3-2-4-6-18)14-26-12-11-17-7-9-19(10-8-17)27-22(30)13-20-15-33-24(25)28-20/h2-10,15-16,21,26,29H,11-14H2,1H3,(H2,25,28)(H,27,30)/t16?,21-/m0/s1. The fourth-order valence-electron chi connectivity index (χ4n) is 3.13. The Kier molecular flexibility index (Phi) is 8.94. The van der Waals surface area contributed by atoms with E-state index in [9.17, 15) is 14.7 Å². The highest BCUT2D eigenvalue weighted by molar-refractivity contribution is 7.13. The van der Waals surface area contributed by atoms with E-state index in [1.807, 2.05) is 54.6 Å². The van der Waals surface area contributed by atoms with Gasteiger partial charge in [-0.05, 0) is 43.1 Å². The lowest BCUT2D eigenvalue weighted by atomic mass is 10.1. The van der Waals surface area contributed by atoms with Gasteiger partial charge in [0.05, 0.1) is 12.1 Å². The number of rotatable bonds is 11. The van der Waals surface area contributed by atoms with Crippen LogP contribution >= 0.6 is 11.3 Å². The van der Waals surface area contributed by atoms with Gasteiger partial charge in [0.25, 0.3) is 0 Å². The van der Waals surface area contributed by atoms with E-state index >= 15 is 0 Å². The first-order valence-corrected chi connectivity index (χ1v) is 11.5. The van der Waals surface area contributed by atoms with Crippen LogP contribution in [0.2, 0.25) is 0 Å². The summed E-state index contributed by atoms with van der Waals surface area (Å²) in [6.07, 6.45) is -0.714. The van der Waals surface area contributed by atoms with Gasteiger partial charge in [-0.1, -0.05) is 42.5 Å². The quantitative estimate of drug-likeness (QED) is 0.252. The first-order chi connectivity index (χ1) is 15.9. The lowest BCUT2D eigenvalue weighted by Crippen LogP contribution is -2.29. The average Bonchev–Trinajstić information content (AvgIpc) is 3.21. The van der Waals surface area contributed by atoms with E-state index in [1.54, 1.807) is 5.38 Å². The van der Waals surface area contributed by atoms with E-state index < -0.39 is 18.2 Å². The molecule has 0 aliphatic heterocycles. The van der Waals surface area contributed by atoms with Crippen LogP contribution in [0.25, 0.3) is 0 Å². The highest BCUT2D eigenvalue weighted by Crippen LogP contribution is 2.18. The maximum absolute atomic E-state index is 12.1. The number of esters is 1. The summed E-state index contributed by atoms with van der Waals surface area (Å²) in [4.78, 5) is 28.1. The molecule has 174 valence electrons. The Hall–Kier alpha value is -3.27. The largest absolute Gasteiger partial charge is 0.454 e. The lowest BCUT2D eigenvalue weighted by Gasteiger charge is -2.20. The molecule has 0 aliphatic carbocycles. The summed E-state index contributed by atoms with van der Waals surface area (Å²) >= 11 is 1.31. The van der Waals surface area contributed by atoms with Gasteiger partial charge >= 0.3 is 5.97 Å². The van der Waals surface area contributed by atoms with Gasteiger partial charge in [0.2, 0.25) is 5.91 Å². The summed E-state index contributed by atoms with van der Waals surface area (Å²) in [5, 5.41) is 17.9. The molecule has 1 amide bonds. The predicted octanol–water partition coefficient (Wildman–Crippen LogP) is 2.70. The van der Waals surface area contributed by atoms with Crippen LogP contribution in [0.5, 0.6) is 0 Å². The van der Waals surface area contributed by atoms with Crippen LogP contribution in [0.1, 0.15) is 29.8 Å². The van der Waals surface area contributed by atoms with Crippen LogP contribution in [0, 0.1) is 0 Å². The Balaban J connectivity index is 1.45. The van der Waals surface area contributed by atoms with E-state index in [-0.39, 0.29) is 12.3 Å². The zero-order chi connectivity index (χ0) is 23.6. The molecule has 1 unspecified atom stereocenters. The zero-order valence-electron chi connectivity index (χ0n) is 18.4. The van der Waals surface area contributed by atoms with Crippen molar-refractivity contribution in [1.82, 2.24) is 10.3 Å². The summed E-state index contributed by atoms with van der Waals surface area (Å²) in [5.41, 5.74) is 8.93. The molecule has 0 fully saturated rings. The van der Waals surface area contributed by atoms with Crippen molar-refractivity contribution in [2.75, 3.05) is 24.1 Å². The number of thiazole rings is 1. The molecule has 0 radical (unpaired) electrons. The van der Waals surface area contributed by atoms with Crippen molar-refractivity contribution < 1.29 is 19.4 Å². The van der Waals surface area contributed by atoms with Crippen molar-refractivity contribution in [3.05, 3.63) is 76.8 Å². The Morgan fingerprint density at radius 3 is 2.52 bits per heavy atom. The van der Waals surface area contributed by atoms with E-state index in [2.05, 4.69) is 15.6 Å². The first-order valence-electron chi connectivity index (χ1n) is 10.6. The number of aliphatic hydroxyl groups excluding tert-OH is 1. The van der Waals surface area contributed by atoms with Gasteiger partial charge in [0, 0.05) is 17.6 Å². The molecule has 3 rings (SSSR count). The van der Waals surface area contributed by atoms with Crippen molar-refractivity contribution in [1.29, 1.82) is 0 Å². The molecule has 8 nitrogen and oxygen atoms in total. The second-order valence-corrected chi connectivity index (χ2v) is 8.45. The van der Waals surface area contributed by atoms with Gasteiger partial charge in [0.15, 0.2) is 5.13 Å². The fraction of sp³-hybridized carbons (Fsp3) is 0.292. The number of nitrogens with zero attached hydrogens (tertiary/aromatic N) is 1. The van der Waals surface area contributed by atoms with E-state index in [1.165, 1.54) is 18.3 Å². The number of ether oxygens (including phenoxy) is 1. The minimum atomic E-state index is -1.17. The average molecular weight is 469 g/mol. The monoisotopic (exact) mass is 468 g/mol. The van der Waals surface area contributed by atoms with Crippen LogP contribution in [-0.2, 0) is 27.2 Å². The molecular formula is C24H28N4O4S. The summed E-state index contributed by atoms with van der Waals surface area (Å²) in [5.74, 6) is -0.796. The van der Waals surface area contributed by atoms with Crippen LogP contribution in [0.3, 0.4) is 0 Å². The summed E-state index contributed by atoms with van der Waals surface area (Å²) < 4.78 is 5.44. The van der Waals surface area contributed by atoms with E-state index in [0.29, 0.717) is 29.6 Å². The molecule has 1 heterocycles. The number of carbonyl (C=O) groups is 2. The molecule has 1 aromatic heterocycles. The number of aromatic nitrogens is 1. The van der Waals surface area contributed by atoms with Crippen LogP contribution in [0.15, 0.2) is 60.0 Å². The van der Waals surface area contributed by atoms with Crippen LogP contribution in [-0.4, -0.2) is 41.2 Å². The Bertz CT molecular complexity index is 1040. The number of anilines is 2. The van der Waals surface area contributed by atoms with E-state index in [4.69, 9.17) is 10.5 Å². The van der Waals surface area contributed by atoms with Crippen LogP contribution in [0.4, 0.5) is 10.8 Å². The van der Waals surface area contributed by atoms with Gasteiger partial charge in [-0.15, -0.1) is 11.3 Å². The van der Waals surface area contributed by atoms with Crippen LogP contribution < -0.4 is 16.4 Å². The highest BCUT2D eigenvalue weighted by Gasteiger charge is 2.19. The highest BCUT2D eigenvalue weighted by atomic mass is 32.1. The van der Waals surface area contributed by atoms with E-state index in [0.717, 1.165) is 17.5 Å². The summed E-state index contributed by atoms with van der Waals surface area (Å²) in [7, 11) is 0. The molecule has 33 heavy (non-hydrogen) atoms. The van der Waals surface area contributed by atoms with Crippen molar-refractivity contribution in [2.45, 2.75) is 32.0 Å². The van der Waals surface area contributed by atoms with Crippen molar-refractivity contribution in [3.63, 3.8) is 0 Å². The second-order valence-electron chi connectivity index (χ2n) is 7.57. The van der Waals surface area contributed by atoms with Gasteiger partial charge < -0.3 is 26.2 Å². The SMILES string of the molecule is CC(O)C(=O)O[C@@H](CNCCc1ccc(NC(=O)Cc2csc(N)n2)cc1)c1ccccc1. The molecule has 5 N–H and O–H groups in total. The molecule has 0 spiro atoms. The number of benzene rings is 2. The molecular weight excluding hydrogens is 440 g/mol. The van der Waals surface area contributed by atoms with Gasteiger partial charge in [-0.2, -0.15) is 0 Å². The number of nitrogen functional groups attached to an aromatic ring is 1. The number of hydrogen-bond donors (Lipinski definition) is 4. The summed E-state index contributed by atoms with van der Waals surface area (Å²) in [6.45, 7) is 2.49. The first kappa shape index (κ1) is 24.4. The minimum Gasteiger partial charge on any atom is -0.454 e. The molecule has 2 atom stereocenters. The molecule has 0 saturated carbocycles. The zero-order valence-corrected chi connectivity index (χ0v) is 19.2. The Morgan fingerprint density at radius 1 is 1.15 bits per heavy atom. The number of nitrogens with two attached hydrogens (primary N) is 1. The Morgan fingerprint density at radius 2 is 1.88 bits per heavy atom. The van der Waals surface area contributed by atoms with Gasteiger partial charge in [-0.25, -0.2) is 9.78 Å². The Labute approximate surface area is 196 Å². The van der Waals surface area contributed by atoms with Crippen molar-refractivity contribution in [3.8, 4) is 0 Å². The number of hydrogen-bond acceptors (Lipinski definition) is 8. The van der Waals surface area contributed by atoms with Gasteiger partial charge in [-0.3, -0.25) is 4.79 Å². The molecule has 0 saturated heterocycles.